The molecule has 2 aromatic rings. The first-order valence-electron chi connectivity index (χ1n) is 8.72. The molecule has 1 amide bonds. The molecule has 0 aliphatic rings. The summed E-state index contributed by atoms with van der Waals surface area (Å²) >= 11 is 7.98. The Kier molecular flexibility index (Phi) is 7.85. The third kappa shape index (κ3) is 5.96. The fourth-order valence-electron chi connectivity index (χ4n) is 2.58. The van der Waals surface area contributed by atoms with Crippen molar-refractivity contribution >= 4 is 29.3 Å². The second kappa shape index (κ2) is 9.89. The number of hydrogen-bond donors (Lipinski definition) is 1. The first kappa shape index (κ1) is 20.7. The number of thioether (sulfide) groups is 1. The molecule has 26 heavy (non-hydrogen) atoms. The number of halogens is 1. The molecule has 0 saturated carbocycles. The van der Waals surface area contributed by atoms with Gasteiger partial charge in [0.2, 0.25) is 0 Å². The summed E-state index contributed by atoms with van der Waals surface area (Å²) in [7, 11) is 0. The molecule has 0 radical (unpaired) electrons. The van der Waals surface area contributed by atoms with E-state index in [1.54, 1.807) is 6.92 Å². The zero-order chi connectivity index (χ0) is 19.1. The lowest BCUT2D eigenvalue weighted by molar-refractivity contribution is -0.127. The van der Waals surface area contributed by atoms with E-state index >= 15 is 0 Å². The molecular weight excluding hydrogens is 366 g/mol. The summed E-state index contributed by atoms with van der Waals surface area (Å²) in [6.45, 7) is 8.37. The molecule has 0 aromatic heterocycles. The van der Waals surface area contributed by atoms with Gasteiger partial charge in [0.25, 0.3) is 5.91 Å². The topological polar surface area (TPSA) is 38.3 Å². The summed E-state index contributed by atoms with van der Waals surface area (Å²) in [4.78, 5) is 12.2. The van der Waals surface area contributed by atoms with Crippen molar-refractivity contribution in [1.29, 1.82) is 0 Å². The van der Waals surface area contributed by atoms with Gasteiger partial charge in [0.1, 0.15) is 5.75 Å². The monoisotopic (exact) mass is 391 g/mol. The number of ether oxygens (including phenoxy) is 1. The van der Waals surface area contributed by atoms with Gasteiger partial charge < -0.3 is 10.1 Å². The summed E-state index contributed by atoms with van der Waals surface area (Å²) in [5.41, 5.74) is 4.54. The van der Waals surface area contributed by atoms with Gasteiger partial charge >= 0.3 is 0 Å². The van der Waals surface area contributed by atoms with E-state index < -0.39 is 6.10 Å². The van der Waals surface area contributed by atoms with Gasteiger partial charge in [-0.05, 0) is 62.1 Å². The standard InChI is InChI=1S/C21H26ClNO2S/c1-14-7-5-6-8-18(14)13-26-10-9-23-21(24)17(4)25-19-11-15(2)20(22)16(3)12-19/h5-8,11-12,17H,9-10,13H2,1-4H3,(H,23,24). The van der Waals surface area contributed by atoms with Crippen molar-refractivity contribution in [2.24, 2.45) is 0 Å². The summed E-state index contributed by atoms with van der Waals surface area (Å²) in [5.74, 6) is 2.39. The molecule has 1 unspecified atom stereocenters. The third-order valence-electron chi connectivity index (χ3n) is 4.16. The SMILES string of the molecule is Cc1ccccc1CSCCNC(=O)C(C)Oc1cc(C)c(Cl)c(C)c1. The zero-order valence-electron chi connectivity index (χ0n) is 15.8. The number of hydrogen-bond acceptors (Lipinski definition) is 3. The highest BCUT2D eigenvalue weighted by atomic mass is 35.5. The fourth-order valence-corrected chi connectivity index (χ4v) is 3.62. The van der Waals surface area contributed by atoms with Crippen LogP contribution in [0.4, 0.5) is 0 Å². The maximum Gasteiger partial charge on any atom is 0.260 e. The van der Waals surface area contributed by atoms with Crippen molar-refractivity contribution in [3.05, 3.63) is 63.7 Å². The molecule has 5 heteroatoms. The maximum atomic E-state index is 12.2. The van der Waals surface area contributed by atoms with Crippen LogP contribution in [0.5, 0.6) is 5.75 Å². The van der Waals surface area contributed by atoms with Gasteiger partial charge in [-0.3, -0.25) is 4.79 Å². The Morgan fingerprint density at radius 1 is 1.15 bits per heavy atom. The lowest BCUT2D eigenvalue weighted by atomic mass is 10.1. The molecule has 0 heterocycles. The van der Waals surface area contributed by atoms with E-state index in [4.69, 9.17) is 16.3 Å². The number of aryl methyl sites for hydroxylation is 3. The van der Waals surface area contributed by atoms with Crippen LogP contribution in [-0.2, 0) is 10.5 Å². The van der Waals surface area contributed by atoms with E-state index in [1.165, 1.54) is 11.1 Å². The van der Waals surface area contributed by atoms with Gasteiger partial charge in [-0.2, -0.15) is 11.8 Å². The molecule has 1 N–H and O–H groups in total. The number of amides is 1. The minimum atomic E-state index is -0.545. The number of carbonyl (C=O) groups excluding carboxylic acids is 1. The van der Waals surface area contributed by atoms with Crippen molar-refractivity contribution in [2.75, 3.05) is 12.3 Å². The van der Waals surface area contributed by atoms with Crippen LogP contribution >= 0.6 is 23.4 Å². The molecule has 140 valence electrons. The van der Waals surface area contributed by atoms with Gasteiger partial charge in [-0.25, -0.2) is 0 Å². The number of carbonyl (C=O) groups is 1. The second-order valence-corrected chi connectivity index (χ2v) is 7.88. The molecule has 0 aliphatic heterocycles. The van der Waals surface area contributed by atoms with Gasteiger partial charge in [-0.1, -0.05) is 35.9 Å². The molecule has 0 bridgehead atoms. The van der Waals surface area contributed by atoms with Crippen LogP contribution in [0.2, 0.25) is 5.02 Å². The Morgan fingerprint density at radius 2 is 1.81 bits per heavy atom. The van der Waals surface area contributed by atoms with Gasteiger partial charge in [0, 0.05) is 23.1 Å². The first-order chi connectivity index (χ1) is 12.4. The van der Waals surface area contributed by atoms with Crippen LogP contribution in [0.25, 0.3) is 0 Å². The van der Waals surface area contributed by atoms with Crippen LogP contribution in [-0.4, -0.2) is 24.3 Å². The van der Waals surface area contributed by atoms with Crippen molar-refractivity contribution in [3.63, 3.8) is 0 Å². The number of benzene rings is 2. The highest BCUT2D eigenvalue weighted by molar-refractivity contribution is 7.98. The molecule has 3 nitrogen and oxygen atoms in total. The summed E-state index contributed by atoms with van der Waals surface area (Å²) in [6.07, 6.45) is -0.545. The van der Waals surface area contributed by atoms with E-state index in [1.807, 2.05) is 37.7 Å². The summed E-state index contributed by atoms with van der Waals surface area (Å²) < 4.78 is 5.76. The van der Waals surface area contributed by atoms with Crippen LogP contribution in [0.3, 0.4) is 0 Å². The van der Waals surface area contributed by atoms with E-state index in [0.29, 0.717) is 12.3 Å². The zero-order valence-corrected chi connectivity index (χ0v) is 17.3. The van der Waals surface area contributed by atoms with Crippen LogP contribution < -0.4 is 10.1 Å². The molecule has 2 aromatic carbocycles. The molecular formula is C21H26ClNO2S. The van der Waals surface area contributed by atoms with Gasteiger partial charge in [-0.15, -0.1) is 0 Å². The normalized spacial score (nSPS) is 11.9. The predicted octanol–water partition coefficient (Wildman–Crippen LogP) is 5.08. The van der Waals surface area contributed by atoms with E-state index in [0.717, 1.165) is 27.7 Å². The Labute approximate surface area is 165 Å². The van der Waals surface area contributed by atoms with Gasteiger partial charge in [0.15, 0.2) is 6.10 Å². The Balaban J connectivity index is 1.73. The fraction of sp³-hybridized carbons (Fsp3) is 0.381. The average Bonchev–Trinajstić information content (AvgIpc) is 2.60. The van der Waals surface area contributed by atoms with Crippen LogP contribution in [0.15, 0.2) is 36.4 Å². The largest absolute Gasteiger partial charge is 0.481 e. The lowest BCUT2D eigenvalue weighted by Gasteiger charge is -2.16. The molecule has 0 saturated heterocycles. The molecule has 1 atom stereocenters. The highest BCUT2D eigenvalue weighted by Gasteiger charge is 2.15. The van der Waals surface area contributed by atoms with Crippen molar-refractivity contribution < 1.29 is 9.53 Å². The van der Waals surface area contributed by atoms with E-state index in [-0.39, 0.29) is 5.91 Å². The number of nitrogens with one attached hydrogen (secondary N) is 1. The summed E-state index contributed by atoms with van der Waals surface area (Å²) in [5, 5.41) is 3.67. The highest BCUT2D eigenvalue weighted by Crippen LogP contribution is 2.26. The molecule has 0 aliphatic carbocycles. The van der Waals surface area contributed by atoms with Crippen molar-refractivity contribution in [1.82, 2.24) is 5.32 Å². The quantitative estimate of drug-likeness (QED) is 0.637. The number of rotatable bonds is 8. The molecule has 0 fully saturated rings. The Hall–Kier alpha value is -1.65. The summed E-state index contributed by atoms with van der Waals surface area (Å²) in [6, 6.07) is 12.1. The Bertz CT molecular complexity index is 740. The van der Waals surface area contributed by atoms with Crippen molar-refractivity contribution in [2.45, 2.75) is 39.6 Å². The Morgan fingerprint density at radius 3 is 2.46 bits per heavy atom. The smallest absolute Gasteiger partial charge is 0.260 e. The predicted molar refractivity (Wildman–Crippen MR) is 111 cm³/mol. The second-order valence-electron chi connectivity index (χ2n) is 6.40. The van der Waals surface area contributed by atoms with E-state index in [9.17, 15) is 4.79 Å². The van der Waals surface area contributed by atoms with Crippen molar-refractivity contribution in [3.8, 4) is 5.75 Å². The first-order valence-corrected chi connectivity index (χ1v) is 10.2. The van der Waals surface area contributed by atoms with Gasteiger partial charge in [0.05, 0.1) is 0 Å². The third-order valence-corrected chi connectivity index (χ3v) is 5.76. The van der Waals surface area contributed by atoms with E-state index in [2.05, 4.69) is 36.5 Å². The minimum Gasteiger partial charge on any atom is -0.481 e. The minimum absolute atomic E-state index is 0.105. The maximum absolute atomic E-state index is 12.2. The molecule has 0 spiro atoms. The van der Waals surface area contributed by atoms with Crippen LogP contribution in [0.1, 0.15) is 29.2 Å². The lowest BCUT2D eigenvalue weighted by Crippen LogP contribution is -2.37. The van der Waals surface area contributed by atoms with Crippen LogP contribution in [0, 0.1) is 20.8 Å². The molecule has 2 rings (SSSR count). The average molecular weight is 392 g/mol.